The lowest BCUT2D eigenvalue weighted by molar-refractivity contribution is 0.660. The van der Waals surface area contributed by atoms with Crippen LogP contribution < -0.4 is 4.90 Å². The Labute approximate surface area is 352 Å². The van der Waals surface area contributed by atoms with E-state index in [0.29, 0.717) is 0 Å². The minimum absolute atomic E-state index is 0.174. The molecule has 0 spiro atoms. The predicted molar refractivity (Wildman–Crippen MR) is 255 cm³/mol. The number of hydrogen-bond donors (Lipinski definition) is 0. The second kappa shape index (κ2) is 14.4. The van der Waals surface area contributed by atoms with Crippen molar-refractivity contribution in [1.82, 2.24) is 0 Å². The predicted octanol–water partition coefficient (Wildman–Crippen LogP) is 16.4. The minimum Gasteiger partial charge on any atom is -0.310 e. The standard InChI is InChI=1S/C59H43N/c1-59(2)55-26-14-24-51(43-17-7-4-8-18-43)58(55)54-38-36-48(39-56(54)59)60(46-32-27-41(28-33-46)40-15-5-3-6-16-40)47-34-29-45(30-35-47)52-37-31-44-20-10-12-23-50(44)57(52)53-25-13-21-42-19-9-11-22-49(42)53/h3-39H,1-2H3. The zero-order valence-corrected chi connectivity index (χ0v) is 33.8. The average Bonchev–Trinajstić information content (AvgIpc) is 3.55. The molecule has 0 heterocycles. The summed E-state index contributed by atoms with van der Waals surface area (Å²) in [4.78, 5) is 2.42. The van der Waals surface area contributed by atoms with E-state index < -0.39 is 0 Å². The van der Waals surface area contributed by atoms with Crippen LogP contribution >= 0.6 is 0 Å². The minimum atomic E-state index is -0.174. The van der Waals surface area contributed by atoms with Crippen molar-refractivity contribution in [3.05, 3.63) is 236 Å². The van der Waals surface area contributed by atoms with E-state index in [1.165, 1.54) is 88.3 Å². The van der Waals surface area contributed by atoms with E-state index in [9.17, 15) is 0 Å². The first-order chi connectivity index (χ1) is 29.5. The van der Waals surface area contributed by atoms with Gasteiger partial charge in [-0.15, -0.1) is 0 Å². The van der Waals surface area contributed by atoms with Crippen LogP contribution in [0.2, 0.25) is 0 Å². The second-order valence-corrected chi connectivity index (χ2v) is 16.5. The molecule has 0 unspecified atom stereocenters. The van der Waals surface area contributed by atoms with Gasteiger partial charge in [-0.3, -0.25) is 0 Å². The van der Waals surface area contributed by atoms with E-state index in [1.54, 1.807) is 0 Å². The van der Waals surface area contributed by atoms with Crippen LogP contribution in [-0.4, -0.2) is 0 Å². The smallest absolute Gasteiger partial charge is 0.0465 e. The Balaban J connectivity index is 1.06. The summed E-state index contributed by atoms with van der Waals surface area (Å²) >= 11 is 0. The molecule has 1 aliphatic carbocycles. The Morgan fingerprint density at radius 2 is 0.783 bits per heavy atom. The fourth-order valence-corrected chi connectivity index (χ4v) is 9.69. The van der Waals surface area contributed by atoms with E-state index in [-0.39, 0.29) is 5.41 Å². The Kier molecular flexibility index (Phi) is 8.57. The summed E-state index contributed by atoms with van der Waals surface area (Å²) in [5.41, 5.74) is 18.4. The molecule has 0 aromatic heterocycles. The number of hydrogen-bond acceptors (Lipinski definition) is 1. The van der Waals surface area contributed by atoms with Gasteiger partial charge in [-0.25, -0.2) is 0 Å². The first-order valence-corrected chi connectivity index (χ1v) is 20.9. The van der Waals surface area contributed by atoms with E-state index >= 15 is 0 Å². The molecule has 284 valence electrons. The van der Waals surface area contributed by atoms with Gasteiger partial charge in [0.25, 0.3) is 0 Å². The summed E-state index contributed by atoms with van der Waals surface area (Å²) in [6.45, 7) is 4.75. The maximum Gasteiger partial charge on any atom is 0.0465 e. The lowest BCUT2D eigenvalue weighted by Crippen LogP contribution is -2.16. The van der Waals surface area contributed by atoms with Crippen LogP contribution in [0.5, 0.6) is 0 Å². The molecular formula is C59H43N. The topological polar surface area (TPSA) is 3.24 Å². The Hall–Kier alpha value is -7.48. The van der Waals surface area contributed by atoms with Crippen LogP contribution in [0.4, 0.5) is 17.1 Å². The van der Waals surface area contributed by atoms with Gasteiger partial charge in [0.1, 0.15) is 0 Å². The van der Waals surface area contributed by atoms with Gasteiger partial charge < -0.3 is 4.90 Å². The Bertz CT molecular complexity index is 3190. The molecule has 0 amide bonds. The van der Waals surface area contributed by atoms with Crippen LogP contribution in [0.3, 0.4) is 0 Å². The van der Waals surface area contributed by atoms with Gasteiger partial charge >= 0.3 is 0 Å². The molecule has 0 saturated heterocycles. The van der Waals surface area contributed by atoms with Crippen LogP contribution in [0, 0.1) is 0 Å². The van der Waals surface area contributed by atoms with Crippen LogP contribution in [0.15, 0.2) is 224 Å². The average molecular weight is 766 g/mol. The van der Waals surface area contributed by atoms with Gasteiger partial charge in [0.15, 0.2) is 0 Å². The van der Waals surface area contributed by atoms with Crippen molar-refractivity contribution in [3.8, 4) is 55.6 Å². The molecule has 11 rings (SSSR count). The highest BCUT2D eigenvalue weighted by Crippen LogP contribution is 2.54. The number of rotatable bonds is 7. The molecular weight excluding hydrogens is 723 g/mol. The second-order valence-electron chi connectivity index (χ2n) is 16.5. The SMILES string of the molecule is CC1(C)c2cc(N(c3ccc(-c4ccccc4)cc3)c3ccc(-c4ccc5ccccc5c4-c4cccc5ccccc45)cc3)ccc2-c2c(-c3ccccc3)cccc21. The number of fused-ring (bicyclic) bond motifs is 5. The normalized spacial score (nSPS) is 12.6. The van der Waals surface area contributed by atoms with Crippen molar-refractivity contribution in [1.29, 1.82) is 0 Å². The molecule has 0 atom stereocenters. The van der Waals surface area contributed by atoms with Crippen LogP contribution in [-0.2, 0) is 5.41 Å². The van der Waals surface area contributed by atoms with Gasteiger partial charge in [0.05, 0.1) is 0 Å². The first kappa shape index (κ1) is 35.7. The van der Waals surface area contributed by atoms with E-state index in [2.05, 4.69) is 243 Å². The van der Waals surface area contributed by atoms with Crippen molar-refractivity contribution in [2.45, 2.75) is 19.3 Å². The first-order valence-electron chi connectivity index (χ1n) is 20.9. The largest absolute Gasteiger partial charge is 0.310 e. The Morgan fingerprint density at radius 3 is 1.50 bits per heavy atom. The molecule has 0 saturated carbocycles. The summed E-state index contributed by atoms with van der Waals surface area (Å²) in [6, 6.07) is 82.3. The van der Waals surface area contributed by atoms with Gasteiger partial charge in [0, 0.05) is 22.5 Å². The van der Waals surface area contributed by atoms with Crippen molar-refractivity contribution < 1.29 is 0 Å². The third kappa shape index (κ3) is 5.93. The number of nitrogens with zero attached hydrogens (tertiary/aromatic N) is 1. The van der Waals surface area contributed by atoms with Crippen LogP contribution in [0.1, 0.15) is 25.0 Å². The molecule has 0 fully saturated rings. The molecule has 0 N–H and O–H groups in total. The monoisotopic (exact) mass is 765 g/mol. The van der Waals surface area contributed by atoms with E-state index in [1.807, 2.05) is 0 Å². The van der Waals surface area contributed by atoms with E-state index in [0.717, 1.165) is 17.1 Å². The highest BCUT2D eigenvalue weighted by molar-refractivity contribution is 6.10. The summed E-state index contributed by atoms with van der Waals surface area (Å²) < 4.78 is 0. The van der Waals surface area contributed by atoms with Gasteiger partial charge in [0.2, 0.25) is 0 Å². The van der Waals surface area contributed by atoms with Crippen molar-refractivity contribution in [2.24, 2.45) is 0 Å². The maximum absolute atomic E-state index is 2.44. The molecule has 60 heavy (non-hydrogen) atoms. The maximum atomic E-state index is 2.44. The Morgan fingerprint density at radius 1 is 0.300 bits per heavy atom. The fourth-order valence-electron chi connectivity index (χ4n) is 9.69. The molecule has 10 aromatic carbocycles. The fraction of sp³-hybridized carbons (Fsp3) is 0.0508. The molecule has 1 nitrogen and oxygen atoms in total. The van der Waals surface area contributed by atoms with Gasteiger partial charge in [-0.05, 0) is 125 Å². The zero-order chi connectivity index (χ0) is 40.2. The van der Waals surface area contributed by atoms with Crippen molar-refractivity contribution >= 4 is 38.6 Å². The molecule has 0 bridgehead atoms. The third-order valence-corrected chi connectivity index (χ3v) is 12.7. The molecule has 1 aliphatic rings. The zero-order valence-electron chi connectivity index (χ0n) is 33.8. The highest BCUT2D eigenvalue weighted by atomic mass is 15.1. The van der Waals surface area contributed by atoms with Crippen molar-refractivity contribution in [3.63, 3.8) is 0 Å². The molecule has 0 aliphatic heterocycles. The van der Waals surface area contributed by atoms with Crippen LogP contribution in [0.25, 0.3) is 77.2 Å². The van der Waals surface area contributed by atoms with Crippen molar-refractivity contribution in [2.75, 3.05) is 4.90 Å². The lowest BCUT2D eigenvalue weighted by Gasteiger charge is -2.28. The van der Waals surface area contributed by atoms with Gasteiger partial charge in [-0.2, -0.15) is 0 Å². The van der Waals surface area contributed by atoms with E-state index in [4.69, 9.17) is 0 Å². The molecule has 10 aromatic rings. The molecule has 1 heteroatoms. The number of benzene rings is 10. The molecule has 0 radical (unpaired) electrons. The van der Waals surface area contributed by atoms with Gasteiger partial charge in [-0.1, -0.05) is 202 Å². The summed E-state index contributed by atoms with van der Waals surface area (Å²) in [7, 11) is 0. The summed E-state index contributed by atoms with van der Waals surface area (Å²) in [5, 5.41) is 5.00. The third-order valence-electron chi connectivity index (χ3n) is 12.7. The highest BCUT2D eigenvalue weighted by Gasteiger charge is 2.37. The lowest BCUT2D eigenvalue weighted by atomic mass is 9.81. The summed E-state index contributed by atoms with van der Waals surface area (Å²) in [5.74, 6) is 0. The number of anilines is 3. The quantitative estimate of drug-likeness (QED) is 0.156. The summed E-state index contributed by atoms with van der Waals surface area (Å²) in [6.07, 6.45) is 0.